The number of nitrogens with zero attached hydrogens (tertiary/aromatic N) is 4. The molecule has 0 saturated heterocycles. The Bertz CT molecular complexity index is 1040. The molecule has 1 fully saturated rings. The Morgan fingerprint density at radius 1 is 1.23 bits per heavy atom. The number of carbonyl (C=O) groups is 1. The van der Waals surface area contributed by atoms with E-state index in [1.165, 1.54) is 43.4 Å². The third-order valence-corrected chi connectivity index (χ3v) is 8.44. The Morgan fingerprint density at radius 3 is 2.81 bits per heavy atom. The monoisotopic (exact) mass is 473 g/mol. The van der Waals surface area contributed by atoms with E-state index in [2.05, 4.69) is 28.5 Å². The van der Waals surface area contributed by atoms with Crippen LogP contribution in [0.25, 0.3) is 0 Å². The molecule has 3 aromatic rings. The number of nitrogens with one attached hydrogen (secondary N) is 1. The molecule has 1 N–H and O–H groups in total. The summed E-state index contributed by atoms with van der Waals surface area (Å²) in [5.74, 6) is 0.664. The number of thiazole rings is 1. The fourth-order valence-electron chi connectivity index (χ4n) is 3.73. The van der Waals surface area contributed by atoms with Crippen LogP contribution < -0.4 is 10.2 Å². The van der Waals surface area contributed by atoms with Gasteiger partial charge in [-0.25, -0.2) is 4.98 Å². The molecule has 1 aliphatic rings. The number of rotatable bonds is 7. The summed E-state index contributed by atoms with van der Waals surface area (Å²) in [4.78, 5) is 18.9. The molecule has 0 unspecified atom stereocenters. The Kier molecular flexibility index (Phi) is 7.24. The zero-order valence-electron chi connectivity index (χ0n) is 18.1. The Labute approximate surface area is 195 Å². The van der Waals surface area contributed by atoms with Crippen molar-refractivity contribution in [3.8, 4) is 0 Å². The Balaban J connectivity index is 1.40. The molecular formula is C22H27N5OS3. The van der Waals surface area contributed by atoms with Gasteiger partial charge < -0.3 is 5.32 Å². The van der Waals surface area contributed by atoms with Gasteiger partial charge in [0.05, 0.1) is 11.4 Å². The van der Waals surface area contributed by atoms with E-state index in [0.29, 0.717) is 16.9 Å². The topological polar surface area (TPSA) is 71.0 Å². The van der Waals surface area contributed by atoms with Crippen molar-refractivity contribution in [3.63, 3.8) is 0 Å². The Hall–Kier alpha value is -1.97. The van der Waals surface area contributed by atoms with Crippen LogP contribution in [0.4, 0.5) is 16.0 Å². The SMILES string of the molecule is CC(=O)N(c1nc(CSc2nnc(NC3CCCCC3)s2)cs1)c1cccc(C)c1C. The number of carbonyl (C=O) groups excluding carboxylic acids is 1. The van der Waals surface area contributed by atoms with Crippen molar-refractivity contribution < 1.29 is 4.79 Å². The van der Waals surface area contributed by atoms with Gasteiger partial charge in [0.25, 0.3) is 0 Å². The first kappa shape index (κ1) is 22.2. The summed E-state index contributed by atoms with van der Waals surface area (Å²) in [6.45, 7) is 5.68. The maximum Gasteiger partial charge on any atom is 0.230 e. The molecular weight excluding hydrogens is 446 g/mol. The lowest BCUT2D eigenvalue weighted by Gasteiger charge is -2.21. The van der Waals surface area contributed by atoms with Gasteiger partial charge in [-0.05, 0) is 43.9 Å². The Morgan fingerprint density at radius 2 is 2.03 bits per heavy atom. The van der Waals surface area contributed by atoms with Gasteiger partial charge in [-0.1, -0.05) is 54.5 Å². The summed E-state index contributed by atoms with van der Waals surface area (Å²) < 4.78 is 0.936. The smallest absolute Gasteiger partial charge is 0.230 e. The first-order chi connectivity index (χ1) is 15.0. The lowest BCUT2D eigenvalue weighted by atomic mass is 9.96. The first-order valence-electron chi connectivity index (χ1n) is 10.6. The lowest BCUT2D eigenvalue weighted by Crippen LogP contribution is -2.23. The largest absolute Gasteiger partial charge is 0.357 e. The van der Waals surface area contributed by atoms with Crippen LogP contribution in [0.15, 0.2) is 27.9 Å². The minimum absolute atomic E-state index is 0.0372. The third-order valence-electron chi connectivity index (χ3n) is 5.55. The number of hydrogen-bond acceptors (Lipinski definition) is 8. The molecule has 1 aromatic carbocycles. The van der Waals surface area contributed by atoms with Gasteiger partial charge >= 0.3 is 0 Å². The van der Waals surface area contributed by atoms with E-state index in [1.54, 1.807) is 34.9 Å². The average molecular weight is 474 g/mol. The van der Waals surface area contributed by atoms with Crippen LogP contribution >= 0.6 is 34.4 Å². The van der Waals surface area contributed by atoms with Crippen LogP contribution in [0.2, 0.25) is 0 Å². The number of hydrogen-bond donors (Lipinski definition) is 1. The highest BCUT2D eigenvalue weighted by Gasteiger charge is 2.21. The number of amides is 1. The van der Waals surface area contributed by atoms with Crippen LogP contribution in [-0.2, 0) is 10.5 Å². The predicted octanol–water partition coefficient (Wildman–Crippen LogP) is 6.33. The van der Waals surface area contributed by atoms with Gasteiger partial charge in [-0.3, -0.25) is 9.69 Å². The summed E-state index contributed by atoms with van der Waals surface area (Å²) in [5, 5.41) is 15.8. The minimum Gasteiger partial charge on any atom is -0.357 e. The number of aryl methyl sites for hydroxylation is 1. The zero-order chi connectivity index (χ0) is 21.8. The van der Waals surface area contributed by atoms with Gasteiger partial charge in [-0.2, -0.15) is 0 Å². The highest BCUT2D eigenvalue weighted by Crippen LogP contribution is 2.35. The zero-order valence-corrected chi connectivity index (χ0v) is 20.5. The van der Waals surface area contributed by atoms with Crippen LogP contribution in [0.3, 0.4) is 0 Å². The summed E-state index contributed by atoms with van der Waals surface area (Å²) in [6, 6.07) is 6.54. The molecule has 4 rings (SSSR count). The van der Waals surface area contributed by atoms with Crippen LogP contribution in [-0.4, -0.2) is 27.1 Å². The van der Waals surface area contributed by atoms with E-state index in [-0.39, 0.29) is 5.91 Å². The van der Waals surface area contributed by atoms with E-state index >= 15 is 0 Å². The van der Waals surface area contributed by atoms with Crippen LogP contribution in [0.5, 0.6) is 0 Å². The number of aromatic nitrogens is 3. The van der Waals surface area contributed by atoms with E-state index in [4.69, 9.17) is 4.98 Å². The molecule has 2 heterocycles. The number of anilines is 3. The van der Waals surface area contributed by atoms with Gasteiger partial charge in [-0.15, -0.1) is 21.5 Å². The first-order valence-corrected chi connectivity index (χ1v) is 13.2. The van der Waals surface area contributed by atoms with Crippen molar-refractivity contribution in [2.75, 3.05) is 10.2 Å². The average Bonchev–Trinajstić information content (AvgIpc) is 3.40. The number of benzene rings is 1. The second kappa shape index (κ2) is 10.1. The third kappa shape index (κ3) is 5.45. The molecule has 2 aromatic heterocycles. The standard InChI is InChI=1S/C22H27N5OS3/c1-14-8-7-11-19(15(14)2)27(16(3)28)21-24-18(12-29-21)13-30-22-26-25-20(31-22)23-17-9-5-4-6-10-17/h7-8,11-12,17H,4-6,9-10,13H2,1-3H3,(H,23,25). The molecule has 0 aliphatic heterocycles. The van der Waals surface area contributed by atoms with Gasteiger partial charge in [0.1, 0.15) is 0 Å². The lowest BCUT2D eigenvalue weighted by molar-refractivity contribution is -0.115. The van der Waals surface area contributed by atoms with Gasteiger partial charge in [0, 0.05) is 24.1 Å². The van der Waals surface area contributed by atoms with E-state index in [9.17, 15) is 4.79 Å². The second-order valence-electron chi connectivity index (χ2n) is 7.84. The highest BCUT2D eigenvalue weighted by molar-refractivity contribution is 8.00. The fraction of sp³-hybridized carbons (Fsp3) is 0.455. The van der Waals surface area contributed by atoms with Gasteiger partial charge in [0.2, 0.25) is 11.0 Å². The van der Waals surface area contributed by atoms with Crippen LogP contribution in [0.1, 0.15) is 55.8 Å². The van der Waals surface area contributed by atoms with Crippen LogP contribution in [0, 0.1) is 13.8 Å². The van der Waals surface area contributed by atoms with Crippen molar-refractivity contribution in [1.29, 1.82) is 0 Å². The summed E-state index contributed by atoms with van der Waals surface area (Å²) in [6.07, 6.45) is 6.37. The maximum absolute atomic E-state index is 12.4. The molecule has 6 nitrogen and oxygen atoms in total. The molecule has 0 spiro atoms. The normalized spacial score (nSPS) is 14.5. The second-order valence-corrected chi connectivity index (χ2v) is 10.9. The fourth-order valence-corrected chi connectivity index (χ4v) is 6.44. The van der Waals surface area contributed by atoms with Crippen molar-refractivity contribution >= 4 is 56.3 Å². The molecule has 0 bridgehead atoms. The van der Waals surface area contributed by atoms with Crippen molar-refractivity contribution in [2.24, 2.45) is 0 Å². The number of thioether (sulfide) groups is 1. The highest BCUT2D eigenvalue weighted by atomic mass is 32.2. The predicted molar refractivity (Wildman–Crippen MR) is 131 cm³/mol. The summed E-state index contributed by atoms with van der Waals surface area (Å²) in [7, 11) is 0. The maximum atomic E-state index is 12.4. The van der Waals surface area contributed by atoms with E-state index in [0.717, 1.165) is 32.0 Å². The van der Waals surface area contributed by atoms with Crippen molar-refractivity contribution in [3.05, 3.63) is 40.4 Å². The quantitative estimate of drug-likeness (QED) is 0.404. The molecule has 164 valence electrons. The van der Waals surface area contributed by atoms with E-state index in [1.807, 2.05) is 24.4 Å². The minimum atomic E-state index is -0.0372. The van der Waals surface area contributed by atoms with E-state index < -0.39 is 0 Å². The molecule has 1 aliphatic carbocycles. The van der Waals surface area contributed by atoms with Crippen molar-refractivity contribution in [2.45, 2.75) is 69.0 Å². The molecule has 31 heavy (non-hydrogen) atoms. The molecule has 0 radical (unpaired) electrons. The molecule has 0 atom stereocenters. The van der Waals surface area contributed by atoms with Crippen molar-refractivity contribution in [1.82, 2.24) is 15.2 Å². The molecule has 1 amide bonds. The summed E-state index contributed by atoms with van der Waals surface area (Å²) >= 11 is 4.74. The van der Waals surface area contributed by atoms with Gasteiger partial charge in [0.15, 0.2) is 9.47 Å². The molecule has 9 heteroatoms. The molecule has 1 saturated carbocycles. The summed E-state index contributed by atoms with van der Waals surface area (Å²) in [5.41, 5.74) is 4.09.